The predicted octanol–water partition coefficient (Wildman–Crippen LogP) is 6.19. The third kappa shape index (κ3) is 5.20. The van der Waals surface area contributed by atoms with Crippen LogP contribution >= 0.6 is 0 Å². The summed E-state index contributed by atoms with van der Waals surface area (Å²) in [4.78, 5) is 32.5. The molecule has 2 aromatic carbocycles. The van der Waals surface area contributed by atoms with E-state index in [-0.39, 0.29) is 34.7 Å². The number of anilines is 2. The lowest BCUT2D eigenvalue weighted by Crippen LogP contribution is -2.42. The highest BCUT2D eigenvalue weighted by atomic mass is 19.4. The van der Waals surface area contributed by atoms with Gasteiger partial charge in [-0.2, -0.15) is 13.2 Å². The first-order valence-corrected chi connectivity index (χ1v) is 14.0. The first-order chi connectivity index (χ1) is 20.1. The molecule has 3 aromatic heterocycles. The lowest BCUT2D eigenvalue weighted by atomic mass is 10.0. The summed E-state index contributed by atoms with van der Waals surface area (Å²) in [7, 11) is 3.74. The van der Waals surface area contributed by atoms with Crippen molar-refractivity contribution in [3.05, 3.63) is 82.4 Å². The SMILES string of the molecule is CC(Nc1c(-c2nc3cc(C(F)(F)F)c(N(C)C4CCN(C)CC4)cc3[nH]2)c(=O)[nH]c2ccccc12)c1ccccn1. The van der Waals surface area contributed by atoms with Crippen LogP contribution in [0.15, 0.2) is 65.6 Å². The third-order valence-corrected chi connectivity index (χ3v) is 8.17. The molecule has 0 amide bonds. The Hall–Kier alpha value is -4.38. The van der Waals surface area contributed by atoms with E-state index in [1.54, 1.807) is 24.2 Å². The molecular formula is C31H32F3N7O. The Bertz CT molecular complexity index is 1790. The van der Waals surface area contributed by atoms with Crippen molar-refractivity contribution in [1.29, 1.82) is 0 Å². The van der Waals surface area contributed by atoms with Crippen LogP contribution in [0, 0.1) is 0 Å². The maximum absolute atomic E-state index is 14.4. The van der Waals surface area contributed by atoms with Gasteiger partial charge in [0.1, 0.15) is 11.4 Å². The summed E-state index contributed by atoms with van der Waals surface area (Å²) in [6.45, 7) is 3.58. The van der Waals surface area contributed by atoms with Crippen LogP contribution in [0.1, 0.15) is 37.1 Å². The lowest BCUT2D eigenvalue weighted by Gasteiger charge is -2.37. The van der Waals surface area contributed by atoms with Crippen LogP contribution in [0.5, 0.6) is 0 Å². The van der Waals surface area contributed by atoms with E-state index in [9.17, 15) is 18.0 Å². The molecule has 0 radical (unpaired) electrons. The molecule has 3 N–H and O–H groups in total. The number of pyridine rings is 2. The van der Waals surface area contributed by atoms with Crippen molar-refractivity contribution in [1.82, 2.24) is 24.8 Å². The number of benzene rings is 2. The van der Waals surface area contributed by atoms with Gasteiger partial charge in [-0.1, -0.05) is 24.3 Å². The van der Waals surface area contributed by atoms with E-state index in [1.165, 1.54) is 6.07 Å². The number of nitrogens with one attached hydrogen (secondary N) is 3. The quantitative estimate of drug-likeness (QED) is 0.224. The van der Waals surface area contributed by atoms with Crippen LogP contribution in [0.25, 0.3) is 33.3 Å². The number of hydrogen-bond acceptors (Lipinski definition) is 6. The van der Waals surface area contributed by atoms with Crippen LogP contribution in [-0.4, -0.2) is 58.1 Å². The average molecular weight is 576 g/mol. The number of fused-ring (bicyclic) bond motifs is 2. The van der Waals surface area contributed by atoms with Gasteiger partial charge in [-0.05, 0) is 70.2 Å². The molecule has 4 heterocycles. The molecular weight excluding hydrogens is 543 g/mol. The Labute approximate surface area is 240 Å². The van der Waals surface area contributed by atoms with Gasteiger partial charge < -0.3 is 25.1 Å². The number of para-hydroxylation sites is 1. The summed E-state index contributed by atoms with van der Waals surface area (Å²) in [5.74, 6) is 0.181. The summed E-state index contributed by atoms with van der Waals surface area (Å²) in [5.41, 5.74) is 1.62. The summed E-state index contributed by atoms with van der Waals surface area (Å²) < 4.78 is 43.1. The fraction of sp³-hybridized carbons (Fsp3) is 0.323. The van der Waals surface area contributed by atoms with Gasteiger partial charge in [-0.3, -0.25) is 9.78 Å². The molecule has 218 valence electrons. The Morgan fingerprint density at radius 3 is 2.50 bits per heavy atom. The molecule has 0 spiro atoms. The maximum Gasteiger partial charge on any atom is 0.418 e. The van der Waals surface area contributed by atoms with E-state index in [4.69, 9.17) is 0 Å². The van der Waals surface area contributed by atoms with Crippen molar-refractivity contribution in [3.63, 3.8) is 0 Å². The number of imidazole rings is 1. The molecule has 1 aliphatic heterocycles. The number of piperidine rings is 1. The molecule has 5 aromatic rings. The molecule has 6 rings (SSSR count). The Morgan fingerprint density at radius 1 is 1.05 bits per heavy atom. The minimum absolute atomic E-state index is 0.0191. The van der Waals surface area contributed by atoms with E-state index in [0.717, 1.165) is 43.1 Å². The normalized spacial score (nSPS) is 15.8. The second kappa shape index (κ2) is 10.8. The lowest BCUT2D eigenvalue weighted by molar-refractivity contribution is -0.137. The van der Waals surface area contributed by atoms with Crippen molar-refractivity contribution >= 4 is 33.3 Å². The second-order valence-corrected chi connectivity index (χ2v) is 11.0. The topological polar surface area (TPSA) is 92.9 Å². The van der Waals surface area contributed by atoms with E-state index < -0.39 is 17.3 Å². The molecule has 11 heteroatoms. The van der Waals surface area contributed by atoms with Crippen LogP contribution in [0.3, 0.4) is 0 Å². The first-order valence-electron chi connectivity index (χ1n) is 14.0. The van der Waals surface area contributed by atoms with Gasteiger partial charge in [0.25, 0.3) is 5.56 Å². The van der Waals surface area contributed by atoms with Gasteiger partial charge >= 0.3 is 6.18 Å². The molecule has 1 atom stereocenters. The highest BCUT2D eigenvalue weighted by molar-refractivity contribution is 5.99. The zero-order valence-corrected chi connectivity index (χ0v) is 23.6. The van der Waals surface area contributed by atoms with Gasteiger partial charge in [0.2, 0.25) is 0 Å². The standard InChI is InChI=1S/C31H32F3N7O/c1-18(22-9-6-7-13-35-22)36-28-20-8-4-5-10-23(20)39-30(42)27(28)29-37-24-16-21(31(32,33)34)26(17-25(24)38-29)41(3)19-11-14-40(2)15-12-19/h4-10,13,16-19H,11-12,14-15H2,1-3H3,(H,37,38)(H2,36,39,42). The molecule has 1 unspecified atom stereocenters. The van der Waals surface area contributed by atoms with Crippen LogP contribution < -0.4 is 15.8 Å². The van der Waals surface area contributed by atoms with Gasteiger partial charge in [-0.25, -0.2) is 4.98 Å². The smallest absolute Gasteiger partial charge is 0.376 e. The highest BCUT2D eigenvalue weighted by Crippen LogP contribution is 2.41. The monoisotopic (exact) mass is 575 g/mol. The van der Waals surface area contributed by atoms with Crippen molar-refractivity contribution in [2.75, 3.05) is 37.4 Å². The molecule has 0 aliphatic carbocycles. The summed E-state index contributed by atoms with van der Waals surface area (Å²) in [6, 6.07) is 15.3. The maximum atomic E-state index is 14.4. The van der Waals surface area contributed by atoms with Crippen LogP contribution in [0.4, 0.5) is 24.5 Å². The van der Waals surface area contributed by atoms with E-state index in [1.807, 2.05) is 50.4 Å². The Balaban J connectivity index is 1.49. The highest BCUT2D eigenvalue weighted by Gasteiger charge is 2.37. The zero-order chi connectivity index (χ0) is 29.6. The molecule has 1 saturated heterocycles. The molecule has 42 heavy (non-hydrogen) atoms. The molecule has 8 nitrogen and oxygen atoms in total. The van der Waals surface area contributed by atoms with Crippen LogP contribution in [0.2, 0.25) is 0 Å². The van der Waals surface area contributed by atoms with Gasteiger partial charge in [0.15, 0.2) is 0 Å². The minimum atomic E-state index is -4.58. The Kier molecular flexibility index (Phi) is 7.14. The minimum Gasteiger partial charge on any atom is -0.376 e. The van der Waals surface area contributed by atoms with Gasteiger partial charge in [-0.15, -0.1) is 0 Å². The fourth-order valence-corrected chi connectivity index (χ4v) is 5.80. The van der Waals surface area contributed by atoms with Crippen molar-refractivity contribution in [2.24, 2.45) is 0 Å². The third-order valence-electron chi connectivity index (χ3n) is 8.17. The Morgan fingerprint density at radius 2 is 1.79 bits per heavy atom. The number of aromatic amines is 2. The fourth-order valence-electron chi connectivity index (χ4n) is 5.80. The number of likely N-dealkylation sites (tertiary alicyclic amines) is 1. The number of rotatable bonds is 6. The zero-order valence-electron chi connectivity index (χ0n) is 23.6. The number of hydrogen-bond donors (Lipinski definition) is 3. The van der Waals surface area contributed by atoms with Crippen molar-refractivity contribution < 1.29 is 13.2 Å². The van der Waals surface area contributed by atoms with Crippen molar-refractivity contribution in [3.8, 4) is 11.4 Å². The number of halogens is 3. The number of H-pyrrole nitrogens is 2. The van der Waals surface area contributed by atoms with Gasteiger partial charge in [0, 0.05) is 24.7 Å². The molecule has 1 aliphatic rings. The molecule has 0 bridgehead atoms. The van der Waals surface area contributed by atoms with Gasteiger partial charge in [0.05, 0.1) is 45.2 Å². The van der Waals surface area contributed by atoms with Crippen LogP contribution in [-0.2, 0) is 6.18 Å². The number of alkyl halides is 3. The second-order valence-electron chi connectivity index (χ2n) is 11.0. The summed E-state index contributed by atoms with van der Waals surface area (Å²) in [5, 5.41) is 4.18. The predicted molar refractivity (Wildman–Crippen MR) is 160 cm³/mol. The summed E-state index contributed by atoms with van der Waals surface area (Å²) in [6.07, 6.45) is -1.34. The first kappa shape index (κ1) is 27.8. The van der Waals surface area contributed by atoms with E-state index in [0.29, 0.717) is 16.7 Å². The molecule has 0 saturated carbocycles. The number of aromatic nitrogens is 4. The summed E-state index contributed by atoms with van der Waals surface area (Å²) >= 11 is 0. The van der Waals surface area contributed by atoms with Crippen molar-refractivity contribution in [2.45, 2.75) is 38.0 Å². The van der Waals surface area contributed by atoms with E-state index in [2.05, 4.69) is 30.2 Å². The number of nitrogens with zero attached hydrogens (tertiary/aromatic N) is 4. The largest absolute Gasteiger partial charge is 0.418 e. The van der Waals surface area contributed by atoms with E-state index >= 15 is 0 Å². The average Bonchev–Trinajstić information content (AvgIpc) is 3.39. The molecule has 1 fully saturated rings.